The molecule has 34 heavy (non-hydrogen) atoms. The lowest BCUT2D eigenvalue weighted by atomic mass is 10.1. The first-order chi connectivity index (χ1) is 16.6. The standard InChI is InChI=1S/C18H22N2O.C8H7N.2C2H6/c1-4-6-12-17-19-14(3)16(5-2)18(21)20(17)13-15-10-8-7-9-11-15;9-7-8-5-3-1-2-4-6-8;2*1-2/h5,7-11H,2,4,6,12-13H2,1,3H3;1-3,5-6H,4H2;2*1-2H3. The van der Waals surface area contributed by atoms with E-state index in [9.17, 15) is 4.79 Å². The summed E-state index contributed by atoms with van der Waals surface area (Å²) in [6.07, 6.45) is 15.0. The average molecular weight is 460 g/mol. The molecule has 0 spiro atoms. The fourth-order valence-electron chi connectivity index (χ4n) is 3.08. The summed E-state index contributed by atoms with van der Waals surface area (Å²) in [6, 6.07) is 12.1. The molecule has 1 aromatic heterocycles. The summed E-state index contributed by atoms with van der Waals surface area (Å²) < 4.78 is 1.79. The van der Waals surface area contributed by atoms with Crippen LogP contribution in [0.5, 0.6) is 0 Å². The monoisotopic (exact) mass is 459 g/mol. The first-order valence-electron chi connectivity index (χ1n) is 12.3. The molecule has 4 heteroatoms. The van der Waals surface area contributed by atoms with Crippen molar-refractivity contribution in [1.29, 1.82) is 5.26 Å². The van der Waals surface area contributed by atoms with E-state index in [0.717, 1.165) is 48.3 Å². The maximum Gasteiger partial charge on any atom is 0.261 e. The molecule has 3 rings (SSSR count). The number of aryl methyl sites for hydroxylation is 2. The SMILES string of the molecule is C=Cc1c(C)nc(CCCC)n(Cc2ccccc2)c1=O.CC.CC.N#CC1=CCC=CC=C1. The molecule has 0 saturated heterocycles. The Hall–Kier alpha value is -3.45. The largest absolute Gasteiger partial charge is 0.292 e. The van der Waals surface area contributed by atoms with Crippen molar-refractivity contribution in [2.75, 3.05) is 0 Å². The molecule has 1 aromatic carbocycles. The molecule has 0 N–H and O–H groups in total. The second kappa shape index (κ2) is 19.1. The number of aromatic nitrogens is 2. The third kappa shape index (κ3) is 10.4. The van der Waals surface area contributed by atoms with Crippen LogP contribution in [0.2, 0.25) is 0 Å². The summed E-state index contributed by atoms with van der Waals surface area (Å²) in [6.45, 7) is 16.3. The van der Waals surface area contributed by atoms with E-state index in [4.69, 9.17) is 5.26 Å². The fraction of sp³-hybridized carbons (Fsp3) is 0.367. The van der Waals surface area contributed by atoms with Crippen molar-refractivity contribution < 1.29 is 0 Å². The van der Waals surface area contributed by atoms with E-state index in [2.05, 4.69) is 24.6 Å². The van der Waals surface area contributed by atoms with E-state index in [1.54, 1.807) is 10.6 Å². The zero-order chi connectivity index (χ0) is 25.8. The molecule has 1 heterocycles. The Balaban J connectivity index is 0.000000698. The van der Waals surface area contributed by atoms with Crippen LogP contribution in [0.4, 0.5) is 0 Å². The predicted octanol–water partition coefficient (Wildman–Crippen LogP) is 7.59. The second-order valence-corrected chi connectivity index (χ2v) is 7.01. The molecule has 2 aromatic rings. The number of rotatable bonds is 6. The van der Waals surface area contributed by atoms with Crippen LogP contribution in [0.25, 0.3) is 6.08 Å². The molecule has 0 fully saturated rings. The Bertz CT molecular complexity index is 1040. The molecular formula is C30H41N3O. The van der Waals surface area contributed by atoms with Crippen LogP contribution >= 0.6 is 0 Å². The van der Waals surface area contributed by atoms with Crippen molar-refractivity contribution in [3.05, 3.63) is 106 Å². The summed E-state index contributed by atoms with van der Waals surface area (Å²) in [7, 11) is 0. The van der Waals surface area contributed by atoms with Crippen molar-refractivity contribution in [3.8, 4) is 6.07 Å². The van der Waals surface area contributed by atoms with E-state index in [1.807, 2.05) is 95.3 Å². The van der Waals surface area contributed by atoms with Gasteiger partial charge in [-0.15, -0.1) is 0 Å². The van der Waals surface area contributed by atoms with Gasteiger partial charge in [-0.25, -0.2) is 4.98 Å². The lowest BCUT2D eigenvalue weighted by molar-refractivity contribution is 0.631. The molecule has 1 aliphatic rings. The van der Waals surface area contributed by atoms with Gasteiger partial charge in [-0.1, -0.05) is 108 Å². The van der Waals surface area contributed by atoms with Gasteiger partial charge in [0.1, 0.15) is 5.82 Å². The Morgan fingerprint density at radius 3 is 2.41 bits per heavy atom. The van der Waals surface area contributed by atoms with Crippen LogP contribution in [-0.4, -0.2) is 9.55 Å². The minimum atomic E-state index is 0.00690. The van der Waals surface area contributed by atoms with Gasteiger partial charge in [0.25, 0.3) is 5.56 Å². The molecule has 0 bridgehead atoms. The molecule has 0 saturated carbocycles. The third-order valence-corrected chi connectivity index (χ3v) is 4.74. The minimum Gasteiger partial charge on any atom is -0.292 e. The van der Waals surface area contributed by atoms with Crippen LogP contribution in [0, 0.1) is 18.3 Å². The number of benzene rings is 1. The van der Waals surface area contributed by atoms with Gasteiger partial charge in [-0.2, -0.15) is 5.26 Å². The summed E-state index contributed by atoms with van der Waals surface area (Å²) in [4.78, 5) is 17.3. The molecule has 1 aliphatic carbocycles. The van der Waals surface area contributed by atoms with Crippen LogP contribution in [0.1, 0.15) is 76.5 Å². The van der Waals surface area contributed by atoms with Gasteiger partial charge < -0.3 is 0 Å². The lowest BCUT2D eigenvalue weighted by Gasteiger charge is -2.14. The van der Waals surface area contributed by atoms with Gasteiger partial charge in [0, 0.05) is 12.0 Å². The van der Waals surface area contributed by atoms with Crippen LogP contribution in [0.3, 0.4) is 0 Å². The number of hydrogen-bond acceptors (Lipinski definition) is 3. The Kier molecular flexibility index (Phi) is 17.1. The molecule has 4 nitrogen and oxygen atoms in total. The van der Waals surface area contributed by atoms with E-state index in [1.165, 1.54) is 0 Å². The first kappa shape index (κ1) is 30.6. The van der Waals surface area contributed by atoms with Gasteiger partial charge in [-0.05, 0) is 31.4 Å². The zero-order valence-electron chi connectivity index (χ0n) is 21.8. The van der Waals surface area contributed by atoms with E-state index in [0.29, 0.717) is 12.1 Å². The number of unbranched alkanes of at least 4 members (excludes halogenated alkanes) is 1. The number of nitrogens with zero attached hydrogens (tertiary/aromatic N) is 3. The molecule has 0 atom stereocenters. The minimum absolute atomic E-state index is 0.00690. The maximum atomic E-state index is 12.7. The van der Waals surface area contributed by atoms with Crippen LogP contribution in [-0.2, 0) is 13.0 Å². The molecule has 0 radical (unpaired) electrons. The van der Waals surface area contributed by atoms with E-state index in [-0.39, 0.29) is 5.56 Å². The summed E-state index contributed by atoms with van der Waals surface area (Å²) in [5.74, 6) is 0.869. The second-order valence-electron chi connectivity index (χ2n) is 7.01. The zero-order valence-corrected chi connectivity index (χ0v) is 21.8. The normalized spacial score (nSPS) is 11.1. The van der Waals surface area contributed by atoms with E-state index < -0.39 is 0 Å². The highest BCUT2D eigenvalue weighted by molar-refractivity contribution is 5.48. The first-order valence-corrected chi connectivity index (χ1v) is 12.3. The Morgan fingerprint density at radius 2 is 1.82 bits per heavy atom. The van der Waals surface area contributed by atoms with Crippen molar-refractivity contribution in [2.45, 2.75) is 73.8 Å². The van der Waals surface area contributed by atoms with Gasteiger partial charge in [-0.3, -0.25) is 9.36 Å². The van der Waals surface area contributed by atoms with Crippen LogP contribution < -0.4 is 5.56 Å². The Morgan fingerprint density at radius 1 is 1.15 bits per heavy atom. The predicted molar refractivity (Wildman–Crippen MR) is 147 cm³/mol. The molecule has 0 unspecified atom stereocenters. The van der Waals surface area contributed by atoms with Crippen molar-refractivity contribution in [3.63, 3.8) is 0 Å². The lowest BCUT2D eigenvalue weighted by Crippen LogP contribution is -2.28. The van der Waals surface area contributed by atoms with E-state index >= 15 is 0 Å². The van der Waals surface area contributed by atoms with Gasteiger partial charge in [0.2, 0.25) is 0 Å². The topological polar surface area (TPSA) is 58.7 Å². The molecular weight excluding hydrogens is 418 g/mol. The smallest absolute Gasteiger partial charge is 0.261 e. The van der Waals surface area contributed by atoms with Gasteiger partial charge in [0.15, 0.2) is 0 Å². The summed E-state index contributed by atoms with van der Waals surface area (Å²) in [5.41, 5.74) is 3.24. The van der Waals surface area contributed by atoms with Gasteiger partial charge >= 0.3 is 0 Å². The summed E-state index contributed by atoms with van der Waals surface area (Å²) >= 11 is 0. The maximum absolute atomic E-state index is 12.7. The Labute approximate surface area is 206 Å². The number of nitriles is 1. The highest BCUT2D eigenvalue weighted by atomic mass is 16.1. The number of hydrogen-bond donors (Lipinski definition) is 0. The molecule has 182 valence electrons. The fourth-order valence-corrected chi connectivity index (χ4v) is 3.08. The molecule has 0 amide bonds. The highest BCUT2D eigenvalue weighted by Crippen LogP contribution is 2.10. The summed E-state index contributed by atoms with van der Waals surface area (Å²) in [5, 5.41) is 8.42. The molecule has 0 aliphatic heterocycles. The van der Waals surface area contributed by atoms with Gasteiger partial charge in [0.05, 0.1) is 23.9 Å². The van der Waals surface area contributed by atoms with Crippen molar-refractivity contribution in [1.82, 2.24) is 9.55 Å². The third-order valence-electron chi connectivity index (χ3n) is 4.74. The quantitative estimate of drug-likeness (QED) is 0.447. The average Bonchev–Trinajstić information content (AvgIpc) is 3.17. The van der Waals surface area contributed by atoms with Crippen molar-refractivity contribution >= 4 is 6.08 Å². The number of allylic oxidation sites excluding steroid dienone is 6. The van der Waals surface area contributed by atoms with Crippen molar-refractivity contribution in [2.24, 2.45) is 0 Å². The highest BCUT2D eigenvalue weighted by Gasteiger charge is 2.12. The van der Waals surface area contributed by atoms with Crippen LogP contribution in [0.15, 0.2) is 77.7 Å².